The molecular weight excluding hydrogens is 360 g/mol. The highest BCUT2D eigenvalue weighted by atomic mass is 32.1. The molecular formula is C20H18N4O2S. The molecule has 0 aliphatic heterocycles. The second kappa shape index (κ2) is 6.85. The molecule has 27 heavy (non-hydrogen) atoms. The molecule has 0 aliphatic carbocycles. The molecule has 0 saturated heterocycles. The molecule has 136 valence electrons. The van der Waals surface area contributed by atoms with Crippen LogP contribution in [0.4, 0.5) is 5.13 Å². The summed E-state index contributed by atoms with van der Waals surface area (Å²) in [6.07, 6.45) is 1.75. The molecule has 2 aromatic heterocycles. The molecule has 0 bridgehead atoms. The fraction of sp³-hybridized carbons (Fsp3) is 0.150. The molecule has 4 rings (SSSR count). The van der Waals surface area contributed by atoms with E-state index in [0.717, 1.165) is 32.8 Å². The van der Waals surface area contributed by atoms with Crippen molar-refractivity contribution < 1.29 is 9.53 Å². The minimum absolute atomic E-state index is 0.281. The van der Waals surface area contributed by atoms with Gasteiger partial charge in [0.15, 0.2) is 10.8 Å². The van der Waals surface area contributed by atoms with Crippen LogP contribution in [0.25, 0.3) is 15.9 Å². The molecule has 2 aromatic carbocycles. The van der Waals surface area contributed by atoms with Gasteiger partial charge in [0.1, 0.15) is 5.75 Å². The molecule has 0 fully saturated rings. The number of fused-ring (bicyclic) bond motifs is 1. The van der Waals surface area contributed by atoms with E-state index in [9.17, 15) is 4.79 Å². The van der Waals surface area contributed by atoms with Crippen molar-refractivity contribution in [3.8, 4) is 11.4 Å². The van der Waals surface area contributed by atoms with E-state index >= 15 is 0 Å². The molecule has 0 radical (unpaired) electrons. The smallest absolute Gasteiger partial charge is 0.277 e. The van der Waals surface area contributed by atoms with Crippen LogP contribution in [0.5, 0.6) is 5.75 Å². The van der Waals surface area contributed by atoms with Crippen LogP contribution in [0.1, 0.15) is 21.6 Å². The van der Waals surface area contributed by atoms with Gasteiger partial charge in [-0.3, -0.25) is 10.1 Å². The van der Waals surface area contributed by atoms with Gasteiger partial charge >= 0.3 is 0 Å². The monoisotopic (exact) mass is 378 g/mol. The van der Waals surface area contributed by atoms with Gasteiger partial charge in [0.25, 0.3) is 5.91 Å². The number of thiazole rings is 1. The zero-order valence-electron chi connectivity index (χ0n) is 15.2. The Bertz CT molecular complexity index is 1090. The number of nitrogens with one attached hydrogen (secondary N) is 1. The standard InChI is InChI=1S/C20H18N4O2S/c1-12-4-5-13(2)18-17(12)21-20(27-18)22-19(25)16-10-11-24(23-16)14-6-8-15(26-3)9-7-14/h4-11H,1-3H3,(H,21,22,25). The minimum atomic E-state index is -0.281. The second-order valence-corrected chi connectivity index (χ2v) is 7.19. The second-order valence-electron chi connectivity index (χ2n) is 6.19. The number of hydrogen-bond donors (Lipinski definition) is 1. The highest BCUT2D eigenvalue weighted by molar-refractivity contribution is 7.22. The molecule has 0 unspecified atom stereocenters. The van der Waals surface area contributed by atoms with Crippen molar-refractivity contribution in [2.24, 2.45) is 0 Å². The lowest BCUT2D eigenvalue weighted by atomic mass is 10.1. The molecule has 0 spiro atoms. The lowest BCUT2D eigenvalue weighted by Gasteiger charge is -2.03. The van der Waals surface area contributed by atoms with Gasteiger partial charge in [-0.05, 0) is 55.3 Å². The Balaban J connectivity index is 1.56. The zero-order chi connectivity index (χ0) is 19.0. The molecule has 6 nitrogen and oxygen atoms in total. The molecule has 7 heteroatoms. The van der Waals surface area contributed by atoms with Crippen molar-refractivity contribution in [2.45, 2.75) is 13.8 Å². The third kappa shape index (κ3) is 3.29. The van der Waals surface area contributed by atoms with Crippen molar-refractivity contribution in [2.75, 3.05) is 12.4 Å². The maximum Gasteiger partial charge on any atom is 0.277 e. The van der Waals surface area contributed by atoms with E-state index in [-0.39, 0.29) is 5.91 Å². The Morgan fingerprint density at radius 1 is 1.07 bits per heavy atom. The van der Waals surface area contributed by atoms with Crippen LogP contribution in [0.2, 0.25) is 0 Å². The molecule has 4 aromatic rings. The number of amides is 1. The minimum Gasteiger partial charge on any atom is -0.497 e. The Kier molecular flexibility index (Phi) is 4.37. The summed E-state index contributed by atoms with van der Waals surface area (Å²) in [7, 11) is 1.62. The number of anilines is 1. The SMILES string of the molecule is COc1ccc(-n2ccc(C(=O)Nc3nc4c(C)ccc(C)c4s3)n2)cc1. The molecule has 1 N–H and O–H groups in total. The van der Waals surface area contributed by atoms with E-state index in [2.05, 4.69) is 21.5 Å². The van der Waals surface area contributed by atoms with Crippen molar-refractivity contribution in [1.82, 2.24) is 14.8 Å². The number of rotatable bonds is 4. The first-order valence-corrected chi connectivity index (χ1v) is 9.25. The summed E-state index contributed by atoms with van der Waals surface area (Å²) in [5.74, 6) is 0.488. The van der Waals surface area contributed by atoms with E-state index in [1.165, 1.54) is 11.3 Å². The molecule has 0 aliphatic rings. The van der Waals surface area contributed by atoms with Gasteiger partial charge in [0, 0.05) is 6.20 Å². The van der Waals surface area contributed by atoms with Gasteiger partial charge in [-0.2, -0.15) is 5.10 Å². The highest BCUT2D eigenvalue weighted by Crippen LogP contribution is 2.31. The van der Waals surface area contributed by atoms with Gasteiger partial charge in [-0.1, -0.05) is 23.5 Å². The van der Waals surface area contributed by atoms with Crippen molar-refractivity contribution in [3.63, 3.8) is 0 Å². The number of aromatic nitrogens is 3. The lowest BCUT2D eigenvalue weighted by molar-refractivity contribution is 0.102. The highest BCUT2D eigenvalue weighted by Gasteiger charge is 2.14. The number of carbonyl (C=O) groups excluding carboxylic acids is 1. The zero-order valence-corrected chi connectivity index (χ0v) is 16.0. The van der Waals surface area contributed by atoms with Crippen molar-refractivity contribution in [1.29, 1.82) is 0 Å². The first kappa shape index (κ1) is 17.2. The molecule has 2 heterocycles. The van der Waals surface area contributed by atoms with Gasteiger partial charge in [0.05, 0.1) is 23.0 Å². The van der Waals surface area contributed by atoms with Gasteiger partial charge in [-0.25, -0.2) is 9.67 Å². The van der Waals surface area contributed by atoms with Crippen LogP contribution < -0.4 is 10.1 Å². The average molecular weight is 378 g/mol. The maximum atomic E-state index is 12.6. The lowest BCUT2D eigenvalue weighted by Crippen LogP contribution is -2.13. The third-order valence-electron chi connectivity index (χ3n) is 4.32. The summed E-state index contributed by atoms with van der Waals surface area (Å²) >= 11 is 1.48. The fourth-order valence-electron chi connectivity index (χ4n) is 2.80. The summed E-state index contributed by atoms with van der Waals surface area (Å²) < 4.78 is 7.90. The van der Waals surface area contributed by atoms with E-state index < -0.39 is 0 Å². The van der Waals surface area contributed by atoms with Crippen molar-refractivity contribution in [3.05, 3.63) is 65.5 Å². The number of aryl methyl sites for hydroxylation is 2. The van der Waals surface area contributed by atoms with Gasteiger partial charge in [-0.15, -0.1) is 0 Å². The molecule has 0 atom stereocenters. The van der Waals surface area contributed by atoms with Crippen LogP contribution >= 0.6 is 11.3 Å². The topological polar surface area (TPSA) is 69.0 Å². The molecule has 0 saturated carbocycles. The fourth-order valence-corrected chi connectivity index (χ4v) is 3.80. The predicted molar refractivity (Wildman–Crippen MR) is 107 cm³/mol. The first-order valence-electron chi connectivity index (χ1n) is 8.43. The number of nitrogens with zero attached hydrogens (tertiary/aromatic N) is 3. The van der Waals surface area contributed by atoms with Crippen LogP contribution in [0.3, 0.4) is 0 Å². The van der Waals surface area contributed by atoms with E-state index in [1.807, 2.05) is 44.2 Å². The summed E-state index contributed by atoms with van der Waals surface area (Å²) in [5.41, 5.74) is 4.35. The largest absolute Gasteiger partial charge is 0.497 e. The van der Waals surface area contributed by atoms with Crippen LogP contribution in [0.15, 0.2) is 48.7 Å². The number of hydrogen-bond acceptors (Lipinski definition) is 5. The van der Waals surface area contributed by atoms with E-state index in [1.54, 1.807) is 24.1 Å². The Labute approximate surface area is 160 Å². The third-order valence-corrected chi connectivity index (χ3v) is 5.43. The Morgan fingerprint density at radius 2 is 1.81 bits per heavy atom. The predicted octanol–water partition coefficient (Wildman–Crippen LogP) is 4.36. The number of methoxy groups -OCH3 is 1. The quantitative estimate of drug-likeness (QED) is 0.573. The maximum absolute atomic E-state index is 12.6. The van der Waals surface area contributed by atoms with Crippen molar-refractivity contribution >= 4 is 32.6 Å². The average Bonchev–Trinajstić information content (AvgIpc) is 3.33. The Hall–Kier alpha value is -3.19. The van der Waals surface area contributed by atoms with Crippen LogP contribution in [0, 0.1) is 13.8 Å². The van der Waals surface area contributed by atoms with Gasteiger partial charge in [0.2, 0.25) is 0 Å². The number of ether oxygens (including phenoxy) is 1. The van der Waals surface area contributed by atoms with Crippen LogP contribution in [-0.2, 0) is 0 Å². The van der Waals surface area contributed by atoms with E-state index in [4.69, 9.17) is 4.74 Å². The summed E-state index contributed by atoms with van der Waals surface area (Å²) in [4.78, 5) is 17.1. The van der Waals surface area contributed by atoms with E-state index in [0.29, 0.717) is 10.8 Å². The first-order chi connectivity index (χ1) is 13.0. The number of carbonyl (C=O) groups is 1. The normalized spacial score (nSPS) is 10.9. The molecule has 1 amide bonds. The Morgan fingerprint density at radius 3 is 2.52 bits per heavy atom. The summed E-state index contributed by atoms with van der Waals surface area (Å²) in [6, 6.07) is 13.3. The summed E-state index contributed by atoms with van der Waals surface area (Å²) in [6.45, 7) is 4.06. The van der Waals surface area contributed by atoms with Gasteiger partial charge < -0.3 is 4.74 Å². The summed E-state index contributed by atoms with van der Waals surface area (Å²) in [5, 5.41) is 7.79. The number of benzene rings is 2. The van der Waals surface area contributed by atoms with Crippen LogP contribution in [-0.4, -0.2) is 27.8 Å².